The molecule has 0 aromatic rings. The molecule has 3 heteroatoms. The van der Waals surface area contributed by atoms with Crippen molar-refractivity contribution in [3.8, 4) is 0 Å². The highest BCUT2D eigenvalue weighted by Crippen LogP contribution is 2.35. The number of hydrogen-bond donors (Lipinski definition) is 1. The number of alkyl halides is 1. The highest BCUT2D eigenvalue weighted by atomic mass is 79.9. The molecule has 0 aliphatic heterocycles. The van der Waals surface area contributed by atoms with Gasteiger partial charge in [0, 0.05) is 16.8 Å². The van der Waals surface area contributed by atoms with E-state index in [1.807, 2.05) is 0 Å². The molecular formula is C13H22BrNO. The molecule has 2 nitrogen and oxygen atoms in total. The standard InChI is InChI=1S/C13H22BrNO/c1-10-3-5-11(6-4-10)12(16)15-13(9-14)7-2-8-13/h10-11H,2-9H2,1H3,(H,15,16). The summed E-state index contributed by atoms with van der Waals surface area (Å²) in [6, 6.07) is 0. The van der Waals surface area contributed by atoms with E-state index in [4.69, 9.17) is 0 Å². The average molecular weight is 288 g/mol. The Hall–Kier alpha value is -0.0500. The zero-order chi connectivity index (χ0) is 11.6. The summed E-state index contributed by atoms with van der Waals surface area (Å²) in [4.78, 5) is 12.1. The summed E-state index contributed by atoms with van der Waals surface area (Å²) in [6.07, 6.45) is 8.17. The highest BCUT2D eigenvalue weighted by molar-refractivity contribution is 9.09. The maximum absolute atomic E-state index is 12.1. The van der Waals surface area contributed by atoms with Gasteiger partial charge < -0.3 is 5.32 Å². The molecule has 0 bridgehead atoms. The summed E-state index contributed by atoms with van der Waals surface area (Å²) < 4.78 is 0. The van der Waals surface area contributed by atoms with Crippen LogP contribution in [0.1, 0.15) is 51.9 Å². The van der Waals surface area contributed by atoms with Crippen molar-refractivity contribution in [3.05, 3.63) is 0 Å². The van der Waals surface area contributed by atoms with Crippen LogP contribution >= 0.6 is 15.9 Å². The van der Waals surface area contributed by atoms with Gasteiger partial charge in [-0.1, -0.05) is 22.9 Å². The molecule has 2 aliphatic carbocycles. The summed E-state index contributed by atoms with van der Waals surface area (Å²) in [5.41, 5.74) is 0.0974. The maximum atomic E-state index is 12.1. The van der Waals surface area contributed by atoms with E-state index in [0.29, 0.717) is 5.91 Å². The number of carbonyl (C=O) groups is 1. The van der Waals surface area contributed by atoms with Crippen molar-refractivity contribution in [1.82, 2.24) is 5.32 Å². The van der Waals surface area contributed by atoms with Crippen molar-refractivity contribution in [2.24, 2.45) is 11.8 Å². The van der Waals surface area contributed by atoms with Gasteiger partial charge in [-0.3, -0.25) is 4.79 Å². The van der Waals surface area contributed by atoms with Crippen LogP contribution in [-0.2, 0) is 4.79 Å². The first-order valence-electron chi connectivity index (χ1n) is 6.53. The van der Waals surface area contributed by atoms with Gasteiger partial charge in [-0.15, -0.1) is 0 Å². The minimum Gasteiger partial charge on any atom is -0.350 e. The Balaban J connectivity index is 1.83. The van der Waals surface area contributed by atoms with E-state index in [1.54, 1.807) is 0 Å². The zero-order valence-corrected chi connectivity index (χ0v) is 11.7. The first kappa shape index (κ1) is 12.4. The molecule has 2 aliphatic rings. The van der Waals surface area contributed by atoms with Gasteiger partial charge in [-0.25, -0.2) is 0 Å². The fourth-order valence-corrected chi connectivity index (χ4v) is 3.48. The fraction of sp³-hybridized carbons (Fsp3) is 0.923. The number of halogens is 1. The predicted octanol–water partition coefficient (Wildman–Crippen LogP) is 3.25. The summed E-state index contributed by atoms with van der Waals surface area (Å²) >= 11 is 3.53. The third-order valence-electron chi connectivity index (χ3n) is 4.34. The Labute approximate surface area is 107 Å². The molecule has 1 amide bonds. The molecular weight excluding hydrogens is 266 g/mol. The molecule has 0 radical (unpaired) electrons. The van der Waals surface area contributed by atoms with Gasteiger partial charge in [-0.05, 0) is 50.9 Å². The Kier molecular flexibility index (Phi) is 3.93. The molecule has 16 heavy (non-hydrogen) atoms. The lowest BCUT2D eigenvalue weighted by atomic mass is 9.77. The largest absolute Gasteiger partial charge is 0.350 e. The monoisotopic (exact) mass is 287 g/mol. The van der Waals surface area contributed by atoms with Crippen LogP contribution in [0.25, 0.3) is 0 Å². The van der Waals surface area contributed by atoms with E-state index in [9.17, 15) is 4.79 Å². The first-order chi connectivity index (χ1) is 7.65. The molecule has 0 unspecified atom stereocenters. The first-order valence-corrected chi connectivity index (χ1v) is 7.65. The molecule has 2 fully saturated rings. The quantitative estimate of drug-likeness (QED) is 0.794. The minimum atomic E-state index is 0.0974. The van der Waals surface area contributed by atoms with Crippen molar-refractivity contribution < 1.29 is 4.79 Å². The van der Waals surface area contributed by atoms with Crippen molar-refractivity contribution in [2.45, 2.75) is 57.4 Å². The van der Waals surface area contributed by atoms with E-state index in [-0.39, 0.29) is 11.5 Å². The molecule has 0 heterocycles. The molecule has 0 aromatic carbocycles. The lowest BCUT2D eigenvalue weighted by Crippen LogP contribution is -2.56. The lowest BCUT2D eigenvalue weighted by molar-refractivity contribution is -0.128. The summed E-state index contributed by atoms with van der Waals surface area (Å²) in [6.45, 7) is 2.29. The van der Waals surface area contributed by atoms with Gasteiger partial charge in [0.2, 0.25) is 5.91 Å². The van der Waals surface area contributed by atoms with Gasteiger partial charge in [-0.2, -0.15) is 0 Å². The van der Waals surface area contributed by atoms with E-state index >= 15 is 0 Å². The Morgan fingerprint density at radius 3 is 2.38 bits per heavy atom. The predicted molar refractivity (Wildman–Crippen MR) is 69.6 cm³/mol. The van der Waals surface area contributed by atoms with Crippen molar-refractivity contribution >= 4 is 21.8 Å². The second-order valence-electron chi connectivity index (χ2n) is 5.71. The van der Waals surface area contributed by atoms with Crippen LogP contribution in [0.4, 0.5) is 0 Å². The topological polar surface area (TPSA) is 29.1 Å². The molecule has 2 saturated carbocycles. The smallest absolute Gasteiger partial charge is 0.223 e. The normalized spacial score (nSPS) is 32.9. The Bertz CT molecular complexity index is 249. The minimum absolute atomic E-state index is 0.0974. The molecule has 1 N–H and O–H groups in total. The van der Waals surface area contributed by atoms with E-state index in [1.165, 1.54) is 19.3 Å². The van der Waals surface area contributed by atoms with Crippen molar-refractivity contribution in [1.29, 1.82) is 0 Å². The van der Waals surface area contributed by atoms with Gasteiger partial charge in [0.15, 0.2) is 0 Å². The van der Waals surface area contributed by atoms with Crippen LogP contribution in [-0.4, -0.2) is 16.8 Å². The number of amides is 1. The van der Waals surface area contributed by atoms with Crippen LogP contribution in [0.5, 0.6) is 0 Å². The summed E-state index contributed by atoms with van der Waals surface area (Å²) in [5, 5.41) is 4.19. The fourth-order valence-electron chi connectivity index (χ4n) is 2.78. The van der Waals surface area contributed by atoms with Crippen LogP contribution in [0, 0.1) is 11.8 Å². The SMILES string of the molecule is CC1CCC(C(=O)NC2(CBr)CCC2)CC1. The van der Waals surface area contributed by atoms with E-state index < -0.39 is 0 Å². The molecule has 0 spiro atoms. The number of carbonyl (C=O) groups excluding carboxylic acids is 1. The van der Waals surface area contributed by atoms with Crippen LogP contribution in [0.15, 0.2) is 0 Å². The highest BCUT2D eigenvalue weighted by Gasteiger charge is 2.38. The third kappa shape index (κ3) is 2.61. The molecule has 0 saturated heterocycles. The lowest BCUT2D eigenvalue weighted by Gasteiger charge is -2.42. The van der Waals surface area contributed by atoms with Gasteiger partial charge in [0.1, 0.15) is 0 Å². The van der Waals surface area contributed by atoms with E-state index in [2.05, 4.69) is 28.2 Å². The van der Waals surface area contributed by atoms with Gasteiger partial charge in [0.05, 0.1) is 0 Å². The summed E-state index contributed by atoms with van der Waals surface area (Å²) in [7, 11) is 0. The molecule has 0 aromatic heterocycles. The van der Waals surface area contributed by atoms with Crippen molar-refractivity contribution in [2.75, 3.05) is 5.33 Å². The number of nitrogens with one attached hydrogen (secondary N) is 1. The average Bonchev–Trinajstić information content (AvgIpc) is 2.24. The van der Waals surface area contributed by atoms with Crippen molar-refractivity contribution in [3.63, 3.8) is 0 Å². The second kappa shape index (κ2) is 5.07. The van der Waals surface area contributed by atoms with E-state index in [0.717, 1.165) is 36.9 Å². The number of hydrogen-bond acceptors (Lipinski definition) is 1. The van der Waals surface area contributed by atoms with Gasteiger partial charge in [0.25, 0.3) is 0 Å². The molecule has 0 atom stereocenters. The maximum Gasteiger partial charge on any atom is 0.223 e. The third-order valence-corrected chi connectivity index (χ3v) is 5.41. The van der Waals surface area contributed by atoms with Crippen LogP contribution in [0.3, 0.4) is 0 Å². The molecule has 92 valence electrons. The summed E-state index contributed by atoms with van der Waals surface area (Å²) in [5.74, 6) is 1.41. The zero-order valence-electron chi connectivity index (χ0n) is 10.1. The number of rotatable bonds is 3. The van der Waals surface area contributed by atoms with Crippen LogP contribution < -0.4 is 5.32 Å². The van der Waals surface area contributed by atoms with Crippen LogP contribution in [0.2, 0.25) is 0 Å². The second-order valence-corrected chi connectivity index (χ2v) is 6.27. The Morgan fingerprint density at radius 1 is 1.31 bits per heavy atom. The van der Waals surface area contributed by atoms with Gasteiger partial charge >= 0.3 is 0 Å². The Morgan fingerprint density at radius 2 is 1.94 bits per heavy atom. The molecule has 2 rings (SSSR count).